The van der Waals surface area contributed by atoms with Gasteiger partial charge in [-0.1, -0.05) is 36.4 Å². The summed E-state index contributed by atoms with van der Waals surface area (Å²) in [6.07, 6.45) is 8.23. The van der Waals surface area contributed by atoms with Gasteiger partial charge in [-0.25, -0.2) is 4.79 Å². The maximum atomic E-state index is 12.0. The first-order valence-electron chi connectivity index (χ1n) is 19.5. The number of carbonyl (C=O) groups excluding carboxylic acids is 1. The van der Waals surface area contributed by atoms with Crippen molar-refractivity contribution < 1.29 is 19.7 Å². The summed E-state index contributed by atoms with van der Waals surface area (Å²) in [7, 11) is 0.996. The average Bonchev–Trinajstić information content (AvgIpc) is 3.92. The van der Waals surface area contributed by atoms with Crippen LogP contribution in [0.1, 0.15) is 52.7 Å². The molecule has 2 fully saturated rings. The Morgan fingerprint density at radius 2 is 1.29 bits per heavy atom. The summed E-state index contributed by atoms with van der Waals surface area (Å²) in [5, 5.41) is 25.2. The highest BCUT2D eigenvalue weighted by Gasteiger charge is 2.28. The second-order valence-electron chi connectivity index (χ2n) is 14.8. The molecule has 4 aromatic carbocycles. The van der Waals surface area contributed by atoms with Gasteiger partial charge in [0.25, 0.3) is 0 Å². The molecule has 8 rings (SSSR count). The Kier molecular flexibility index (Phi) is 12.5. The van der Waals surface area contributed by atoms with E-state index < -0.39 is 7.05 Å². The maximum absolute atomic E-state index is 12.0. The third-order valence-electron chi connectivity index (χ3n) is 11.2. The number of piperidine rings is 2. The normalized spacial score (nSPS) is 15.4. The smallest absolute Gasteiger partial charge is 0.376 e. The lowest BCUT2D eigenvalue weighted by Gasteiger charge is -2.40. The van der Waals surface area contributed by atoms with Gasteiger partial charge in [-0.05, 0) is 136 Å². The summed E-state index contributed by atoms with van der Waals surface area (Å²) in [6, 6.07) is 34.2. The molecule has 0 aliphatic carbocycles. The number of aliphatic hydroxyl groups excluding tert-OH is 1. The predicted octanol–water partition coefficient (Wildman–Crippen LogP) is 6.95. The molecule has 0 atom stereocenters. The number of aromatic nitrogens is 2. The number of esters is 1. The molecule has 2 aromatic heterocycles. The fraction of sp³-hybridized carbons (Fsp3) is 0.341. The van der Waals surface area contributed by atoms with Crippen LogP contribution in [0.15, 0.2) is 109 Å². The third-order valence-corrected chi connectivity index (χ3v) is 11.2. The van der Waals surface area contributed by atoms with Gasteiger partial charge in [-0.2, -0.15) is 0 Å². The average molecular weight is 741 g/mol. The number of hydrogen-bond donors (Lipinski definition) is 5. The van der Waals surface area contributed by atoms with Crippen molar-refractivity contribution in [3.05, 3.63) is 132 Å². The highest BCUT2D eigenvalue weighted by atomic mass is 16.5. The largest absolute Gasteiger partial charge is 0.465 e. The molecule has 0 saturated carbocycles. The second-order valence-corrected chi connectivity index (χ2v) is 14.8. The maximum Gasteiger partial charge on any atom is 0.376 e. The van der Waals surface area contributed by atoms with Crippen LogP contribution in [-0.4, -0.2) is 83.3 Å². The van der Waals surface area contributed by atoms with E-state index >= 15 is 0 Å². The zero-order valence-electron chi connectivity index (χ0n) is 32.0. The number of benzene rings is 4. The lowest BCUT2D eigenvalue weighted by molar-refractivity contribution is 0.0600. The fourth-order valence-corrected chi connectivity index (χ4v) is 8.12. The zero-order valence-corrected chi connectivity index (χ0v) is 32.0. The van der Waals surface area contributed by atoms with Crippen LogP contribution in [0.3, 0.4) is 0 Å². The van der Waals surface area contributed by atoms with E-state index in [1.54, 1.807) is 6.07 Å². The molecule has 10 nitrogen and oxygen atoms in total. The van der Waals surface area contributed by atoms with Gasteiger partial charge in [0.1, 0.15) is 0 Å². The Labute approximate surface area is 324 Å². The van der Waals surface area contributed by atoms with Crippen LogP contribution in [0.25, 0.3) is 21.8 Å². The lowest BCUT2D eigenvalue weighted by Crippen LogP contribution is -2.49. The van der Waals surface area contributed by atoms with Crippen LogP contribution in [0, 0.1) is 0 Å². The molecule has 0 unspecified atom stereocenters. The van der Waals surface area contributed by atoms with Crippen molar-refractivity contribution in [3.8, 4) is 0 Å². The van der Waals surface area contributed by atoms with Crippen LogP contribution >= 0.6 is 0 Å². The Morgan fingerprint density at radius 3 is 1.85 bits per heavy atom. The van der Waals surface area contributed by atoms with E-state index in [0.29, 0.717) is 24.2 Å². The number of carbonyl (C=O) groups is 1. The molecule has 55 heavy (non-hydrogen) atoms. The van der Waals surface area contributed by atoms with Gasteiger partial charge >= 0.3 is 13.0 Å². The number of aliphatic hydroxyl groups is 1. The molecular weight excluding hydrogens is 687 g/mol. The van der Waals surface area contributed by atoms with E-state index in [9.17, 15) is 14.9 Å². The summed E-state index contributed by atoms with van der Waals surface area (Å²) < 4.78 is 4.89. The number of rotatable bonds is 11. The Hall–Kier alpha value is -5.07. The summed E-state index contributed by atoms with van der Waals surface area (Å²) >= 11 is 0. The number of hydrogen-bond acceptors (Lipinski definition) is 8. The summed E-state index contributed by atoms with van der Waals surface area (Å²) in [5.41, 5.74) is 8.61. The minimum absolute atomic E-state index is 0.0937. The molecule has 6 aromatic rings. The summed E-state index contributed by atoms with van der Waals surface area (Å²) in [4.78, 5) is 25.6. The van der Waals surface area contributed by atoms with E-state index in [2.05, 4.69) is 96.6 Å². The fourth-order valence-electron chi connectivity index (χ4n) is 8.12. The van der Waals surface area contributed by atoms with Crippen molar-refractivity contribution >= 4 is 46.2 Å². The molecule has 2 saturated heterocycles. The topological polar surface area (TPSA) is 120 Å². The molecule has 0 bridgehead atoms. The standard InChI is InChI=1S/C23H28BN3O3.C21H25N3O/c1-24(29)26-12-9-20(10-13-26)27(21-6-7-22-18(15-21)8-11-25-22)16-17-4-3-5-19(14-17)23(28)30-2;25-15-17-3-1-2-16(12-17)14-24(19-7-9-22-10-8-19)20-4-5-21-18(13-20)6-11-23-21/h3-8,11,14-15,20,25,29H,9-10,12-13,16H2,1-2H3;1-6,11-13,19,22-23,25H,7-10,14-15H2. The zero-order chi connectivity index (χ0) is 38.1. The third kappa shape index (κ3) is 9.43. The van der Waals surface area contributed by atoms with Gasteiger partial charge in [-0.3, -0.25) is 0 Å². The van der Waals surface area contributed by atoms with E-state index in [4.69, 9.17) is 4.74 Å². The van der Waals surface area contributed by atoms with E-state index in [1.807, 2.05) is 43.5 Å². The highest BCUT2D eigenvalue weighted by Crippen LogP contribution is 2.30. The second kappa shape index (κ2) is 18.0. The number of nitrogens with one attached hydrogen (secondary N) is 3. The monoisotopic (exact) mass is 740 g/mol. The molecule has 2 aliphatic rings. The Balaban J connectivity index is 0.000000172. The van der Waals surface area contributed by atoms with Crippen molar-refractivity contribution in [3.63, 3.8) is 0 Å². The molecule has 0 spiro atoms. The molecule has 4 heterocycles. The molecule has 2 aliphatic heterocycles. The predicted molar refractivity (Wildman–Crippen MR) is 223 cm³/mol. The van der Waals surface area contributed by atoms with Crippen molar-refractivity contribution in [2.75, 3.05) is 43.1 Å². The quantitative estimate of drug-likeness (QED) is 0.0716. The van der Waals surface area contributed by atoms with Crippen LogP contribution in [0.2, 0.25) is 6.82 Å². The molecule has 0 amide bonds. The summed E-state index contributed by atoms with van der Waals surface area (Å²) in [5.74, 6) is -0.317. The van der Waals surface area contributed by atoms with Crippen molar-refractivity contribution in [1.29, 1.82) is 0 Å². The van der Waals surface area contributed by atoms with Gasteiger partial charge in [0.2, 0.25) is 0 Å². The number of H-pyrrole nitrogens is 2. The van der Waals surface area contributed by atoms with E-state index in [-0.39, 0.29) is 12.6 Å². The van der Waals surface area contributed by atoms with Gasteiger partial charge in [0.05, 0.1) is 19.3 Å². The Morgan fingerprint density at radius 1 is 0.745 bits per heavy atom. The van der Waals surface area contributed by atoms with E-state index in [0.717, 1.165) is 75.1 Å². The van der Waals surface area contributed by atoms with Crippen LogP contribution in [0.5, 0.6) is 0 Å². The van der Waals surface area contributed by atoms with Crippen molar-refractivity contribution in [2.24, 2.45) is 0 Å². The van der Waals surface area contributed by atoms with Crippen molar-refractivity contribution in [2.45, 2.75) is 64.3 Å². The number of aromatic amines is 2. The van der Waals surface area contributed by atoms with E-state index in [1.165, 1.54) is 40.3 Å². The molecule has 0 radical (unpaired) electrons. The number of anilines is 2. The number of fused-ring (bicyclic) bond motifs is 2. The Bertz CT molecular complexity index is 2150. The first kappa shape index (κ1) is 38.2. The molecule has 286 valence electrons. The lowest BCUT2D eigenvalue weighted by atomic mass is 9.82. The van der Waals surface area contributed by atoms with Gasteiger partial charge in [0, 0.05) is 70.7 Å². The first-order chi connectivity index (χ1) is 26.9. The van der Waals surface area contributed by atoms with Crippen molar-refractivity contribution in [1.82, 2.24) is 20.1 Å². The molecular formula is C44H53BN6O4. The molecule has 5 N–H and O–H groups in total. The number of ether oxygens (including phenoxy) is 1. The highest BCUT2D eigenvalue weighted by molar-refractivity contribution is 6.45. The van der Waals surface area contributed by atoms with Crippen LogP contribution in [-0.2, 0) is 24.4 Å². The van der Waals surface area contributed by atoms with Gasteiger partial charge < -0.3 is 44.8 Å². The van der Waals surface area contributed by atoms with Crippen LogP contribution in [0.4, 0.5) is 11.4 Å². The molecule has 11 heteroatoms. The minimum Gasteiger partial charge on any atom is -0.465 e. The summed E-state index contributed by atoms with van der Waals surface area (Å²) in [6.45, 7) is 7.39. The number of nitrogens with zero attached hydrogens (tertiary/aromatic N) is 3. The van der Waals surface area contributed by atoms with Gasteiger partial charge in [0.15, 0.2) is 0 Å². The van der Waals surface area contributed by atoms with Gasteiger partial charge in [-0.15, -0.1) is 0 Å². The minimum atomic E-state index is -0.410. The van der Waals surface area contributed by atoms with Crippen LogP contribution < -0.4 is 15.1 Å². The SMILES string of the molecule is COC(=O)c1cccc(CN(c2ccc3[nH]ccc3c2)C2CCN(B(C)O)CC2)c1.OCc1cccc(CN(c2ccc3[nH]ccc3c2)C2CCNCC2)c1. The first-order valence-corrected chi connectivity index (χ1v) is 19.5. The number of methoxy groups -OCH3 is 1.